The molecule has 1 aromatic carbocycles. The van der Waals surface area contributed by atoms with Gasteiger partial charge in [-0.25, -0.2) is 14.6 Å². The molecule has 0 heterocycles. The van der Waals surface area contributed by atoms with Gasteiger partial charge in [0.2, 0.25) is 0 Å². The van der Waals surface area contributed by atoms with E-state index in [4.69, 9.17) is 21.1 Å². The Morgan fingerprint density at radius 2 is 1.83 bits per heavy atom. The predicted molar refractivity (Wildman–Crippen MR) is 90.8 cm³/mol. The van der Waals surface area contributed by atoms with Gasteiger partial charge in [0.25, 0.3) is 0 Å². The van der Waals surface area contributed by atoms with Gasteiger partial charge in [0.15, 0.2) is 0 Å². The Bertz CT molecular complexity index is 658. The molecule has 0 aliphatic rings. The van der Waals surface area contributed by atoms with Crippen molar-refractivity contribution in [2.75, 3.05) is 18.5 Å². The highest BCUT2D eigenvalue weighted by Gasteiger charge is 2.13. The summed E-state index contributed by atoms with van der Waals surface area (Å²) in [5, 5.41) is 2.71. The Balaban J connectivity index is 2.78. The van der Waals surface area contributed by atoms with Crippen LogP contribution >= 0.6 is 11.6 Å². The van der Waals surface area contributed by atoms with Crippen molar-refractivity contribution in [2.24, 2.45) is 4.99 Å². The first-order chi connectivity index (χ1) is 11.4. The minimum atomic E-state index is -0.672. The summed E-state index contributed by atoms with van der Waals surface area (Å²) in [5.41, 5.74) is 0.786. The summed E-state index contributed by atoms with van der Waals surface area (Å²) in [6.45, 7) is 5.39. The highest BCUT2D eigenvalue weighted by Crippen LogP contribution is 2.21. The van der Waals surface area contributed by atoms with Crippen LogP contribution < -0.4 is 5.32 Å². The maximum absolute atomic E-state index is 11.9. The van der Waals surface area contributed by atoms with Crippen molar-refractivity contribution in [3.63, 3.8) is 0 Å². The van der Waals surface area contributed by atoms with Gasteiger partial charge < -0.3 is 14.8 Å². The minimum absolute atomic E-state index is 0.0735. The topological polar surface area (TPSA) is 94.1 Å². The molecule has 0 fully saturated rings. The standard InChI is InChI=1S/C16H19ClN2O5/c1-4-23-14(20)8-10(3)18-16(22)19-11-6-7-13(17)12(9-11)15(21)24-5-2/h6-7,9H,4-5,8H2,1-3H3,(H,19,22). The summed E-state index contributed by atoms with van der Waals surface area (Å²) in [7, 11) is 0. The largest absolute Gasteiger partial charge is 0.466 e. The van der Waals surface area contributed by atoms with Crippen molar-refractivity contribution in [3.05, 3.63) is 28.8 Å². The van der Waals surface area contributed by atoms with Gasteiger partial charge in [-0.3, -0.25) is 4.79 Å². The molecule has 0 saturated heterocycles. The summed E-state index contributed by atoms with van der Waals surface area (Å²) in [4.78, 5) is 38.7. The number of ether oxygens (including phenoxy) is 2. The lowest BCUT2D eigenvalue weighted by Crippen LogP contribution is -2.14. The molecule has 0 radical (unpaired) electrons. The highest BCUT2D eigenvalue weighted by atomic mass is 35.5. The molecule has 0 aromatic heterocycles. The summed E-state index contributed by atoms with van der Waals surface area (Å²) < 4.78 is 9.66. The van der Waals surface area contributed by atoms with Crippen LogP contribution in [0.2, 0.25) is 5.02 Å². The fraction of sp³-hybridized carbons (Fsp3) is 0.375. The molecular weight excluding hydrogens is 336 g/mol. The molecular formula is C16H19ClN2O5. The number of halogens is 1. The number of carbonyl (C=O) groups excluding carboxylic acids is 3. The number of esters is 2. The predicted octanol–water partition coefficient (Wildman–Crippen LogP) is 3.46. The fourth-order valence-electron chi connectivity index (χ4n) is 1.75. The fourth-order valence-corrected chi connectivity index (χ4v) is 1.95. The molecule has 24 heavy (non-hydrogen) atoms. The number of carbonyl (C=O) groups is 3. The van der Waals surface area contributed by atoms with E-state index in [9.17, 15) is 14.4 Å². The van der Waals surface area contributed by atoms with Crippen molar-refractivity contribution < 1.29 is 23.9 Å². The zero-order chi connectivity index (χ0) is 18.1. The second-order valence-corrected chi connectivity index (χ2v) is 5.08. The normalized spacial score (nSPS) is 10.9. The summed E-state index contributed by atoms with van der Waals surface area (Å²) >= 11 is 5.94. The van der Waals surface area contributed by atoms with Crippen LogP contribution in [-0.2, 0) is 14.3 Å². The molecule has 0 saturated carbocycles. The van der Waals surface area contributed by atoms with Gasteiger partial charge in [0.05, 0.1) is 30.2 Å². The molecule has 0 atom stereocenters. The zero-order valence-corrected chi connectivity index (χ0v) is 14.5. The van der Waals surface area contributed by atoms with Crippen molar-refractivity contribution in [1.82, 2.24) is 0 Å². The Kier molecular flexibility index (Phi) is 7.91. The number of benzene rings is 1. The Hall–Kier alpha value is -2.41. The van der Waals surface area contributed by atoms with Crippen LogP contribution in [0.4, 0.5) is 10.5 Å². The molecule has 130 valence electrons. The second kappa shape index (κ2) is 9.67. The Labute approximate surface area is 145 Å². The van der Waals surface area contributed by atoms with Crippen LogP contribution in [0.25, 0.3) is 0 Å². The number of amides is 2. The summed E-state index contributed by atoms with van der Waals surface area (Å²) in [6.07, 6.45) is -0.0735. The van der Waals surface area contributed by atoms with Gasteiger partial charge in [-0.1, -0.05) is 11.6 Å². The van der Waals surface area contributed by atoms with E-state index in [1.54, 1.807) is 20.8 Å². The van der Waals surface area contributed by atoms with Crippen LogP contribution in [-0.4, -0.2) is 36.9 Å². The van der Waals surface area contributed by atoms with Crippen LogP contribution in [0.1, 0.15) is 37.6 Å². The molecule has 2 amide bonds. The SMILES string of the molecule is CCOC(=O)CC(C)=NC(=O)Nc1ccc(Cl)c(C(=O)OCC)c1. The third-order valence-corrected chi connectivity index (χ3v) is 3.04. The van der Waals surface area contributed by atoms with E-state index < -0.39 is 18.0 Å². The van der Waals surface area contributed by atoms with Crippen molar-refractivity contribution in [3.8, 4) is 0 Å². The molecule has 0 unspecified atom stereocenters. The van der Waals surface area contributed by atoms with Crippen LogP contribution in [0.15, 0.2) is 23.2 Å². The van der Waals surface area contributed by atoms with Crippen LogP contribution in [0, 0.1) is 0 Å². The lowest BCUT2D eigenvalue weighted by atomic mass is 10.2. The van der Waals surface area contributed by atoms with E-state index in [0.29, 0.717) is 11.4 Å². The Morgan fingerprint density at radius 3 is 2.46 bits per heavy atom. The maximum Gasteiger partial charge on any atom is 0.345 e. The van der Waals surface area contributed by atoms with Gasteiger partial charge >= 0.3 is 18.0 Å². The van der Waals surface area contributed by atoms with Gasteiger partial charge in [-0.2, -0.15) is 0 Å². The van der Waals surface area contributed by atoms with Crippen molar-refractivity contribution in [1.29, 1.82) is 0 Å². The molecule has 0 spiro atoms. The molecule has 7 nitrogen and oxygen atoms in total. The number of aliphatic imine (C=N–C) groups is 1. The van der Waals surface area contributed by atoms with Gasteiger partial charge in [-0.05, 0) is 39.0 Å². The molecule has 0 aliphatic carbocycles. The van der Waals surface area contributed by atoms with Crippen LogP contribution in [0.5, 0.6) is 0 Å². The third-order valence-electron chi connectivity index (χ3n) is 2.71. The van der Waals surface area contributed by atoms with Crippen molar-refractivity contribution in [2.45, 2.75) is 27.2 Å². The number of anilines is 1. The lowest BCUT2D eigenvalue weighted by molar-refractivity contribution is -0.141. The number of hydrogen-bond acceptors (Lipinski definition) is 5. The maximum atomic E-state index is 11.9. The first-order valence-electron chi connectivity index (χ1n) is 7.34. The highest BCUT2D eigenvalue weighted by molar-refractivity contribution is 6.33. The summed E-state index contributed by atoms with van der Waals surface area (Å²) in [6, 6.07) is 3.72. The lowest BCUT2D eigenvalue weighted by Gasteiger charge is -2.08. The smallest absolute Gasteiger partial charge is 0.345 e. The van der Waals surface area contributed by atoms with Gasteiger partial charge in [0.1, 0.15) is 0 Å². The monoisotopic (exact) mass is 354 g/mol. The molecule has 1 N–H and O–H groups in total. The second-order valence-electron chi connectivity index (χ2n) is 4.67. The molecule has 8 heteroatoms. The number of rotatable bonds is 6. The Morgan fingerprint density at radius 1 is 1.17 bits per heavy atom. The minimum Gasteiger partial charge on any atom is -0.466 e. The molecule has 0 bridgehead atoms. The van der Waals surface area contributed by atoms with E-state index in [1.165, 1.54) is 18.2 Å². The van der Waals surface area contributed by atoms with Gasteiger partial charge in [-0.15, -0.1) is 0 Å². The quantitative estimate of drug-likeness (QED) is 0.623. The first kappa shape index (κ1) is 19.6. The molecule has 1 rings (SSSR count). The van der Waals surface area contributed by atoms with E-state index in [1.807, 2.05) is 0 Å². The average Bonchev–Trinajstić information content (AvgIpc) is 2.49. The third kappa shape index (κ3) is 6.37. The van der Waals surface area contributed by atoms with E-state index >= 15 is 0 Å². The van der Waals surface area contributed by atoms with Crippen LogP contribution in [0.3, 0.4) is 0 Å². The number of nitrogens with zero attached hydrogens (tertiary/aromatic N) is 1. The number of urea groups is 1. The first-order valence-corrected chi connectivity index (χ1v) is 7.72. The number of nitrogens with one attached hydrogen (secondary N) is 1. The van der Waals surface area contributed by atoms with Crippen molar-refractivity contribution >= 4 is 41.0 Å². The zero-order valence-electron chi connectivity index (χ0n) is 13.7. The molecule has 1 aromatic rings. The van der Waals surface area contributed by atoms with E-state index in [0.717, 1.165) is 0 Å². The summed E-state index contributed by atoms with van der Waals surface area (Å²) in [5.74, 6) is -1.04. The number of hydrogen-bond donors (Lipinski definition) is 1. The van der Waals surface area contributed by atoms with E-state index in [-0.39, 0.29) is 30.2 Å². The molecule has 0 aliphatic heterocycles. The van der Waals surface area contributed by atoms with Gasteiger partial charge in [0, 0.05) is 11.4 Å². The van der Waals surface area contributed by atoms with E-state index in [2.05, 4.69) is 10.3 Å². The average molecular weight is 355 g/mol.